The molecule has 0 saturated carbocycles. The van der Waals surface area contributed by atoms with Crippen molar-refractivity contribution in [3.05, 3.63) is 34.6 Å². The van der Waals surface area contributed by atoms with E-state index in [4.69, 9.17) is 18.5 Å². The van der Waals surface area contributed by atoms with Crippen molar-refractivity contribution < 1.29 is 27.9 Å². The highest BCUT2D eigenvalue weighted by Gasteiger charge is 2.23. The molecule has 1 aromatic heterocycles. The Bertz CT molecular complexity index is 811. The smallest absolute Gasteiger partial charge is 0.353 e. The van der Waals surface area contributed by atoms with Crippen LogP contribution in [0.1, 0.15) is 40.0 Å². The molecule has 1 aromatic rings. The summed E-state index contributed by atoms with van der Waals surface area (Å²) in [6.07, 6.45) is 4.70. The molecule has 2 heterocycles. The van der Waals surface area contributed by atoms with Crippen LogP contribution in [0.25, 0.3) is 0 Å². The molecule has 10 nitrogen and oxygen atoms in total. The van der Waals surface area contributed by atoms with Gasteiger partial charge in [0.25, 0.3) is 0 Å². The van der Waals surface area contributed by atoms with Crippen LogP contribution in [-0.4, -0.2) is 47.7 Å². The van der Waals surface area contributed by atoms with Gasteiger partial charge in [-0.1, -0.05) is 0 Å². The number of anilines is 1. The van der Waals surface area contributed by atoms with Crippen LogP contribution in [0.4, 0.5) is 5.82 Å². The normalized spacial score (nSPS) is 18.4. The fourth-order valence-corrected chi connectivity index (χ4v) is 4.23. The molecule has 1 aliphatic heterocycles. The highest BCUT2D eigenvalue weighted by molar-refractivity contribution is 7.57. The van der Waals surface area contributed by atoms with Gasteiger partial charge in [-0.15, -0.1) is 0 Å². The Kier molecular flexibility index (Phi) is 9.87. The summed E-state index contributed by atoms with van der Waals surface area (Å²) < 4.78 is 36.3. The Morgan fingerprint density at radius 3 is 2.70 bits per heavy atom. The average molecular weight is 443 g/mol. The summed E-state index contributed by atoms with van der Waals surface area (Å²) in [5.74, 6) is 1.21. The number of amides is 1. The lowest BCUT2D eigenvalue weighted by molar-refractivity contribution is -0.180. The first-order chi connectivity index (χ1) is 14.3. The Balaban J connectivity index is 2.20. The molecule has 0 spiro atoms. The number of hydrogen-bond acceptors (Lipinski definition) is 8. The number of carbonyl (C=O) groups excluding carboxylic acids is 1. The third-order valence-electron chi connectivity index (χ3n) is 4.12. The number of carbonyl (C=O) groups is 1. The second-order valence-corrected chi connectivity index (χ2v) is 8.51. The van der Waals surface area contributed by atoms with E-state index in [0.717, 1.165) is 19.3 Å². The van der Waals surface area contributed by atoms with E-state index in [0.29, 0.717) is 6.61 Å². The maximum atomic E-state index is 12.7. The molecule has 0 bridgehead atoms. The van der Waals surface area contributed by atoms with Crippen LogP contribution in [0, 0.1) is 0 Å². The summed E-state index contributed by atoms with van der Waals surface area (Å²) in [6.45, 7) is 5.96. The zero-order valence-corrected chi connectivity index (χ0v) is 18.5. The number of hydrogen-bond donors (Lipinski definition) is 1. The summed E-state index contributed by atoms with van der Waals surface area (Å²) in [5, 5.41) is 2.47. The summed E-state index contributed by atoms with van der Waals surface area (Å²) in [7, 11) is -3.42. The zero-order chi connectivity index (χ0) is 22.0. The van der Waals surface area contributed by atoms with Gasteiger partial charge in [-0.05, 0) is 45.3 Å². The number of nitrogens with zero attached hydrogens (tertiary/aromatic N) is 2. The van der Waals surface area contributed by atoms with Crippen LogP contribution in [0.2, 0.25) is 0 Å². The highest BCUT2D eigenvalue weighted by atomic mass is 31.2. The zero-order valence-electron chi connectivity index (χ0n) is 17.6. The van der Waals surface area contributed by atoms with Gasteiger partial charge in [0.15, 0.2) is 6.29 Å². The molecule has 2 atom stereocenters. The fourth-order valence-electron chi connectivity index (χ4n) is 2.86. The lowest BCUT2D eigenvalue weighted by Crippen LogP contribution is -2.33. The molecule has 11 heteroatoms. The first-order valence-corrected chi connectivity index (χ1v) is 11.7. The Labute approximate surface area is 176 Å². The average Bonchev–Trinajstić information content (AvgIpc) is 2.69. The summed E-state index contributed by atoms with van der Waals surface area (Å²) in [4.78, 5) is 27.3. The molecule has 168 valence electrons. The van der Waals surface area contributed by atoms with Gasteiger partial charge in [-0.3, -0.25) is 13.9 Å². The molecule has 1 N–H and O–H groups in total. The third kappa shape index (κ3) is 8.12. The molecule has 1 amide bonds. The minimum absolute atomic E-state index is 0.112. The second-order valence-electron chi connectivity index (χ2n) is 6.62. The predicted molar refractivity (Wildman–Crippen MR) is 111 cm³/mol. The number of nitrogens with one attached hydrogen (secondary N) is 1. The quantitative estimate of drug-likeness (QED) is 0.519. The van der Waals surface area contributed by atoms with Crippen molar-refractivity contribution in [1.82, 2.24) is 9.55 Å². The van der Waals surface area contributed by atoms with Gasteiger partial charge < -0.3 is 23.8 Å². The third-order valence-corrected chi connectivity index (χ3v) is 5.89. The summed E-state index contributed by atoms with van der Waals surface area (Å²) >= 11 is 0. The lowest BCUT2D eigenvalue weighted by Gasteiger charge is -2.27. The molecular weight excluding hydrogens is 413 g/mol. The van der Waals surface area contributed by atoms with E-state index in [9.17, 15) is 14.2 Å². The van der Waals surface area contributed by atoms with Crippen molar-refractivity contribution in [2.75, 3.05) is 25.1 Å². The van der Waals surface area contributed by atoms with E-state index >= 15 is 0 Å². The van der Waals surface area contributed by atoms with Crippen molar-refractivity contribution in [3.8, 4) is 0 Å². The topological polar surface area (TPSA) is 118 Å². The van der Waals surface area contributed by atoms with Gasteiger partial charge in [-0.2, -0.15) is 4.98 Å². The predicted octanol–water partition coefficient (Wildman–Crippen LogP) is 2.89. The Hall–Kier alpha value is -1.84. The Morgan fingerprint density at radius 1 is 1.40 bits per heavy atom. The van der Waals surface area contributed by atoms with Crippen molar-refractivity contribution in [1.29, 1.82) is 0 Å². The largest absolute Gasteiger partial charge is 0.353 e. The minimum atomic E-state index is -3.42. The number of rotatable bonds is 11. The molecule has 1 fully saturated rings. The number of aromatic nitrogens is 2. The van der Waals surface area contributed by atoms with E-state index < -0.39 is 25.7 Å². The van der Waals surface area contributed by atoms with Gasteiger partial charge in [0.2, 0.25) is 5.91 Å². The van der Waals surface area contributed by atoms with Crippen LogP contribution in [0.5, 0.6) is 0 Å². The summed E-state index contributed by atoms with van der Waals surface area (Å²) in [6, 6.07) is 1.52. The van der Waals surface area contributed by atoms with Gasteiger partial charge in [0.05, 0.1) is 25.9 Å². The maximum absolute atomic E-state index is 12.7. The van der Waals surface area contributed by atoms with Crippen molar-refractivity contribution in [3.63, 3.8) is 0 Å². The molecule has 0 radical (unpaired) electrons. The molecule has 2 rings (SSSR count). The molecular formula is C19H30N3O7P. The first-order valence-electron chi connectivity index (χ1n) is 10.1. The van der Waals surface area contributed by atoms with Gasteiger partial charge in [-0.25, -0.2) is 4.79 Å². The SMILES string of the molecule is CCOP(=O)(/C=C/[C@H](Cn1ccc(NC(C)=O)nc1=O)O[C@H]1CCCCO1)OCC. The molecule has 0 unspecified atom stereocenters. The van der Waals surface area contributed by atoms with Crippen molar-refractivity contribution in [2.24, 2.45) is 0 Å². The maximum Gasteiger partial charge on any atom is 0.353 e. The highest BCUT2D eigenvalue weighted by Crippen LogP contribution is 2.49. The lowest BCUT2D eigenvalue weighted by atomic mass is 10.2. The van der Waals surface area contributed by atoms with Crippen molar-refractivity contribution >= 4 is 19.3 Å². The van der Waals surface area contributed by atoms with Crippen LogP contribution < -0.4 is 11.0 Å². The molecule has 1 saturated heterocycles. The first kappa shape index (κ1) is 24.4. The van der Waals surface area contributed by atoms with Crippen LogP contribution in [0.3, 0.4) is 0 Å². The summed E-state index contributed by atoms with van der Waals surface area (Å²) in [5.41, 5.74) is -0.550. The van der Waals surface area contributed by atoms with Crippen LogP contribution in [0.15, 0.2) is 29.0 Å². The van der Waals surface area contributed by atoms with E-state index in [1.54, 1.807) is 19.9 Å². The van der Waals surface area contributed by atoms with Gasteiger partial charge in [0, 0.05) is 25.5 Å². The van der Waals surface area contributed by atoms with Gasteiger partial charge >= 0.3 is 13.3 Å². The fraction of sp³-hybridized carbons (Fsp3) is 0.632. The van der Waals surface area contributed by atoms with E-state index in [1.807, 2.05) is 0 Å². The van der Waals surface area contributed by atoms with E-state index in [1.165, 1.54) is 29.6 Å². The Morgan fingerprint density at radius 2 is 2.13 bits per heavy atom. The van der Waals surface area contributed by atoms with Gasteiger partial charge in [0.1, 0.15) is 5.82 Å². The van der Waals surface area contributed by atoms with Crippen LogP contribution in [-0.2, 0) is 34.4 Å². The second kappa shape index (κ2) is 12.1. The molecule has 1 aliphatic rings. The molecule has 0 aromatic carbocycles. The minimum Gasteiger partial charge on any atom is -0.353 e. The monoisotopic (exact) mass is 443 g/mol. The van der Waals surface area contributed by atoms with Crippen LogP contribution >= 0.6 is 7.60 Å². The molecule has 0 aliphatic carbocycles. The van der Waals surface area contributed by atoms with E-state index in [-0.39, 0.29) is 31.5 Å². The standard InChI is InChI=1S/C19H30N3O7P/c1-4-27-30(25,28-5-2)13-10-16(29-18-8-6-7-12-26-18)14-22-11-9-17(20-15(3)23)21-19(22)24/h9-11,13,16,18H,4-8,12,14H2,1-3H3,(H,20,21,23,24)/b13-10+/t16-,18+/m1/s1. The van der Waals surface area contributed by atoms with E-state index in [2.05, 4.69) is 10.3 Å². The van der Waals surface area contributed by atoms with Crippen molar-refractivity contribution in [2.45, 2.75) is 59.0 Å². The number of ether oxygens (including phenoxy) is 2. The molecule has 30 heavy (non-hydrogen) atoms.